The zero-order chi connectivity index (χ0) is 20.6. The summed E-state index contributed by atoms with van der Waals surface area (Å²) in [4.78, 5) is 12.2. The number of carbonyl (C=O) groups excluding carboxylic acids is 1. The van der Waals surface area contributed by atoms with E-state index < -0.39 is 0 Å². The lowest BCUT2D eigenvalue weighted by molar-refractivity contribution is -0.118. The van der Waals surface area contributed by atoms with Gasteiger partial charge in [0.2, 0.25) is 5.91 Å². The van der Waals surface area contributed by atoms with Crippen LogP contribution in [0.4, 0.5) is 0 Å². The second-order valence-electron chi connectivity index (χ2n) is 6.60. The Balaban J connectivity index is 1.53. The third-order valence-electron chi connectivity index (χ3n) is 4.65. The van der Waals surface area contributed by atoms with Crippen molar-refractivity contribution in [3.05, 3.63) is 59.7 Å². The molecule has 0 aliphatic carbocycles. The fraction of sp³-hybridized carbons (Fsp3) is 0.318. The number of thioether (sulfide) groups is 1. The molecule has 1 heterocycles. The number of hydrogen-bond acceptors (Lipinski definition) is 5. The molecule has 2 aromatic carbocycles. The average Bonchev–Trinajstić information content (AvgIpc) is 3.15. The van der Waals surface area contributed by atoms with Crippen molar-refractivity contribution in [1.29, 1.82) is 0 Å². The van der Waals surface area contributed by atoms with Crippen LogP contribution < -0.4 is 10.1 Å². The summed E-state index contributed by atoms with van der Waals surface area (Å²) in [5.74, 6) is 1.98. The molecule has 0 atom stereocenters. The van der Waals surface area contributed by atoms with Gasteiger partial charge in [-0.3, -0.25) is 4.79 Å². The van der Waals surface area contributed by atoms with E-state index in [9.17, 15) is 4.79 Å². The van der Waals surface area contributed by atoms with Gasteiger partial charge in [0.25, 0.3) is 0 Å². The summed E-state index contributed by atoms with van der Waals surface area (Å²) in [7, 11) is 1.65. The summed E-state index contributed by atoms with van der Waals surface area (Å²) in [5, 5.41) is 12.4. The van der Waals surface area contributed by atoms with Gasteiger partial charge in [-0.15, -0.1) is 10.2 Å². The van der Waals surface area contributed by atoms with Crippen LogP contribution in [0.3, 0.4) is 0 Å². The molecular weight excluding hydrogens is 384 g/mol. The second-order valence-corrected chi connectivity index (χ2v) is 7.54. The zero-order valence-corrected chi connectivity index (χ0v) is 17.8. The van der Waals surface area contributed by atoms with E-state index in [0.29, 0.717) is 12.3 Å². The molecule has 6 nitrogen and oxygen atoms in total. The lowest BCUT2D eigenvalue weighted by atomic mass is 10.1. The minimum atomic E-state index is -0.00777. The van der Waals surface area contributed by atoms with Crippen molar-refractivity contribution >= 4 is 17.7 Å². The maximum absolute atomic E-state index is 12.2. The maximum atomic E-state index is 12.2. The van der Waals surface area contributed by atoms with E-state index in [-0.39, 0.29) is 5.91 Å². The van der Waals surface area contributed by atoms with Crippen molar-refractivity contribution in [3.63, 3.8) is 0 Å². The molecular formula is C22H26N4O2S. The van der Waals surface area contributed by atoms with Gasteiger partial charge in [-0.1, -0.05) is 48.2 Å². The van der Waals surface area contributed by atoms with Crippen LogP contribution in [0.5, 0.6) is 5.75 Å². The molecule has 0 radical (unpaired) electrons. The molecule has 1 aromatic heterocycles. The molecule has 0 bridgehead atoms. The van der Waals surface area contributed by atoms with Crippen LogP contribution in [0.2, 0.25) is 0 Å². The van der Waals surface area contributed by atoms with Gasteiger partial charge in [-0.2, -0.15) is 0 Å². The zero-order valence-electron chi connectivity index (χ0n) is 17.0. The van der Waals surface area contributed by atoms with Gasteiger partial charge in [0.15, 0.2) is 11.0 Å². The van der Waals surface area contributed by atoms with Gasteiger partial charge in [-0.05, 0) is 43.5 Å². The summed E-state index contributed by atoms with van der Waals surface area (Å²) < 4.78 is 7.21. The smallest absolute Gasteiger partial charge is 0.230 e. The number of methoxy groups -OCH3 is 1. The van der Waals surface area contributed by atoms with Crippen LogP contribution in [0.15, 0.2) is 53.7 Å². The van der Waals surface area contributed by atoms with E-state index in [1.165, 1.54) is 11.8 Å². The topological polar surface area (TPSA) is 69.0 Å². The highest BCUT2D eigenvalue weighted by atomic mass is 32.2. The number of carbonyl (C=O) groups is 1. The molecule has 7 heteroatoms. The number of benzene rings is 2. The first-order valence-corrected chi connectivity index (χ1v) is 10.6. The molecule has 0 unspecified atom stereocenters. The molecule has 3 aromatic rings. The van der Waals surface area contributed by atoms with Gasteiger partial charge < -0.3 is 14.6 Å². The first kappa shape index (κ1) is 20.9. The second kappa shape index (κ2) is 10.1. The highest BCUT2D eigenvalue weighted by Crippen LogP contribution is 2.26. The Kier molecular flexibility index (Phi) is 7.30. The van der Waals surface area contributed by atoms with E-state index in [0.717, 1.165) is 46.4 Å². The maximum Gasteiger partial charge on any atom is 0.230 e. The summed E-state index contributed by atoms with van der Waals surface area (Å²) in [6.07, 6.45) is 0.781. The van der Waals surface area contributed by atoms with Crippen molar-refractivity contribution in [2.75, 3.05) is 19.4 Å². The van der Waals surface area contributed by atoms with E-state index in [1.807, 2.05) is 42.5 Å². The van der Waals surface area contributed by atoms with E-state index >= 15 is 0 Å². The van der Waals surface area contributed by atoms with Crippen LogP contribution in [0.1, 0.15) is 18.1 Å². The first-order valence-electron chi connectivity index (χ1n) is 9.64. The van der Waals surface area contributed by atoms with Gasteiger partial charge in [0, 0.05) is 18.7 Å². The Morgan fingerprint density at radius 3 is 2.59 bits per heavy atom. The number of aromatic nitrogens is 3. The normalized spacial score (nSPS) is 10.7. The SMILES string of the molecule is CCn1c(SCC(=O)NCCc2ccc(OC)cc2)nnc1-c1ccccc1C. The standard InChI is InChI=1S/C22H26N4O2S/c1-4-26-21(19-8-6-5-7-16(19)2)24-25-22(26)29-15-20(27)23-14-13-17-9-11-18(28-3)12-10-17/h5-12H,4,13-15H2,1-3H3,(H,23,27). The highest BCUT2D eigenvalue weighted by molar-refractivity contribution is 7.99. The predicted molar refractivity (Wildman–Crippen MR) is 116 cm³/mol. The quantitative estimate of drug-likeness (QED) is 0.544. The lowest BCUT2D eigenvalue weighted by Crippen LogP contribution is -2.27. The number of ether oxygens (including phenoxy) is 1. The molecule has 29 heavy (non-hydrogen) atoms. The summed E-state index contributed by atoms with van der Waals surface area (Å²) in [5.41, 5.74) is 3.38. The Hall–Kier alpha value is -2.80. The van der Waals surface area contributed by atoms with Crippen LogP contribution >= 0.6 is 11.8 Å². The molecule has 152 valence electrons. The molecule has 0 spiro atoms. The van der Waals surface area contributed by atoms with Gasteiger partial charge in [0.05, 0.1) is 12.9 Å². The summed E-state index contributed by atoms with van der Waals surface area (Å²) >= 11 is 1.41. The van der Waals surface area contributed by atoms with Crippen molar-refractivity contribution in [2.45, 2.75) is 32.0 Å². The molecule has 0 aliphatic rings. The minimum absolute atomic E-state index is 0.00777. The monoisotopic (exact) mass is 410 g/mol. The van der Waals surface area contributed by atoms with Crippen molar-refractivity contribution in [3.8, 4) is 17.1 Å². The minimum Gasteiger partial charge on any atom is -0.497 e. The largest absolute Gasteiger partial charge is 0.497 e. The molecule has 0 saturated heterocycles. The van der Waals surface area contributed by atoms with Crippen LogP contribution in [-0.2, 0) is 17.8 Å². The number of hydrogen-bond donors (Lipinski definition) is 1. The average molecular weight is 411 g/mol. The Bertz CT molecular complexity index is 954. The molecule has 1 amide bonds. The van der Waals surface area contributed by atoms with Gasteiger partial charge in [-0.25, -0.2) is 0 Å². The number of nitrogens with one attached hydrogen (secondary N) is 1. The Morgan fingerprint density at radius 1 is 1.14 bits per heavy atom. The molecule has 0 saturated carbocycles. The molecule has 0 aliphatic heterocycles. The third-order valence-corrected chi connectivity index (χ3v) is 5.61. The van der Waals surface area contributed by atoms with E-state index in [2.05, 4.69) is 40.0 Å². The van der Waals surface area contributed by atoms with E-state index in [1.54, 1.807) is 7.11 Å². The van der Waals surface area contributed by atoms with Crippen molar-refractivity contribution in [2.24, 2.45) is 0 Å². The fourth-order valence-electron chi connectivity index (χ4n) is 3.02. The Labute approximate surface area is 175 Å². The third kappa shape index (κ3) is 5.38. The number of nitrogens with zero attached hydrogens (tertiary/aromatic N) is 3. The number of aryl methyl sites for hydroxylation is 1. The number of rotatable bonds is 9. The first-order chi connectivity index (χ1) is 14.1. The van der Waals surface area contributed by atoms with Crippen molar-refractivity contribution in [1.82, 2.24) is 20.1 Å². The highest BCUT2D eigenvalue weighted by Gasteiger charge is 2.15. The molecule has 3 rings (SSSR count). The Morgan fingerprint density at radius 2 is 1.90 bits per heavy atom. The molecule has 0 fully saturated rings. The van der Waals surface area contributed by atoms with Crippen LogP contribution in [0, 0.1) is 6.92 Å². The van der Waals surface area contributed by atoms with Gasteiger partial charge >= 0.3 is 0 Å². The lowest BCUT2D eigenvalue weighted by Gasteiger charge is -2.09. The number of amides is 1. The predicted octanol–water partition coefficient (Wildman–Crippen LogP) is 3.73. The van der Waals surface area contributed by atoms with Crippen LogP contribution in [-0.4, -0.2) is 40.1 Å². The summed E-state index contributed by atoms with van der Waals surface area (Å²) in [6.45, 7) is 5.47. The molecule has 1 N–H and O–H groups in total. The van der Waals surface area contributed by atoms with Gasteiger partial charge in [0.1, 0.15) is 5.75 Å². The van der Waals surface area contributed by atoms with Crippen LogP contribution in [0.25, 0.3) is 11.4 Å². The summed E-state index contributed by atoms with van der Waals surface area (Å²) in [6, 6.07) is 16.0. The fourth-order valence-corrected chi connectivity index (χ4v) is 3.86. The van der Waals surface area contributed by atoms with E-state index in [4.69, 9.17) is 4.74 Å². The van der Waals surface area contributed by atoms with Crippen molar-refractivity contribution < 1.29 is 9.53 Å².